The van der Waals surface area contributed by atoms with Crippen LogP contribution in [0.5, 0.6) is 0 Å². The van der Waals surface area contributed by atoms with Crippen LogP contribution >= 0.6 is 23.4 Å². The van der Waals surface area contributed by atoms with Crippen molar-refractivity contribution in [1.82, 2.24) is 0 Å². The number of amides is 1. The molecule has 4 rings (SSSR count). The van der Waals surface area contributed by atoms with Gasteiger partial charge in [-0.25, -0.2) is 4.99 Å². The first kappa shape index (κ1) is 16.9. The summed E-state index contributed by atoms with van der Waals surface area (Å²) in [6.07, 6.45) is 1.72. The van der Waals surface area contributed by atoms with E-state index in [9.17, 15) is 4.79 Å². The third-order valence-electron chi connectivity index (χ3n) is 3.96. The molecule has 1 aliphatic heterocycles. The molecule has 0 saturated heterocycles. The van der Waals surface area contributed by atoms with E-state index in [2.05, 4.69) is 4.99 Å². The number of carbonyl (C=O) groups is 1. The Morgan fingerprint density at radius 1 is 1.04 bits per heavy atom. The molecule has 0 radical (unpaired) electrons. The fourth-order valence-corrected chi connectivity index (χ4v) is 3.72. The highest BCUT2D eigenvalue weighted by atomic mass is 35.5. The first-order chi connectivity index (χ1) is 12.6. The topological polar surface area (TPSA) is 42.6 Å². The van der Waals surface area contributed by atoms with E-state index in [4.69, 9.17) is 16.0 Å². The normalized spacial score (nSPS) is 15.5. The molecule has 0 bridgehead atoms. The molecule has 26 heavy (non-hydrogen) atoms. The molecule has 0 unspecified atom stereocenters. The lowest BCUT2D eigenvalue weighted by molar-refractivity contribution is -0.113. The number of thioether (sulfide) groups is 1. The number of aryl methyl sites for hydroxylation is 1. The smallest absolute Gasteiger partial charge is 0.285 e. The van der Waals surface area contributed by atoms with Gasteiger partial charge in [-0.1, -0.05) is 65.3 Å². The highest BCUT2D eigenvalue weighted by Gasteiger charge is 2.23. The molecule has 1 amide bonds. The number of halogens is 1. The Kier molecular flexibility index (Phi) is 4.53. The van der Waals surface area contributed by atoms with Crippen LogP contribution in [0, 0.1) is 6.92 Å². The fraction of sp³-hybridized carbons (Fsp3) is 0.0476. The van der Waals surface area contributed by atoms with Gasteiger partial charge < -0.3 is 4.42 Å². The van der Waals surface area contributed by atoms with Gasteiger partial charge in [0.15, 0.2) is 0 Å². The zero-order valence-electron chi connectivity index (χ0n) is 13.9. The molecule has 5 heteroatoms. The van der Waals surface area contributed by atoms with Crippen LogP contribution in [0.15, 0.2) is 75.0 Å². The second-order valence-corrected chi connectivity index (χ2v) is 7.32. The summed E-state index contributed by atoms with van der Waals surface area (Å²) in [6.45, 7) is 2.03. The zero-order valence-corrected chi connectivity index (χ0v) is 15.5. The molecule has 0 N–H and O–H groups in total. The van der Waals surface area contributed by atoms with Gasteiger partial charge in [0.2, 0.25) is 0 Å². The number of nitrogens with zero attached hydrogens (tertiary/aromatic N) is 1. The first-order valence-electron chi connectivity index (χ1n) is 8.04. The van der Waals surface area contributed by atoms with Crippen LogP contribution < -0.4 is 0 Å². The number of hydrogen-bond donors (Lipinski definition) is 0. The SMILES string of the molecule is Cc1ccc(C2=NC(=O)C(=Cc3ccc(-c4ccccc4Cl)o3)S2)cc1. The van der Waals surface area contributed by atoms with Gasteiger partial charge in [-0.2, -0.15) is 0 Å². The zero-order chi connectivity index (χ0) is 18.1. The van der Waals surface area contributed by atoms with Crippen LogP contribution in [0.2, 0.25) is 5.02 Å². The highest BCUT2D eigenvalue weighted by Crippen LogP contribution is 2.34. The summed E-state index contributed by atoms with van der Waals surface area (Å²) in [4.78, 5) is 16.9. The Balaban J connectivity index is 1.58. The quantitative estimate of drug-likeness (QED) is 0.526. The maximum atomic E-state index is 12.2. The largest absolute Gasteiger partial charge is 0.457 e. The summed E-state index contributed by atoms with van der Waals surface area (Å²) in [7, 11) is 0. The van der Waals surface area contributed by atoms with E-state index in [1.165, 1.54) is 17.3 Å². The van der Waals surface area contributed by atoms with Gasteiger partial charge in [-0.15, -0.1) is 0 Å². The summed E-state index contributed by atoms with van der Waals surface area (Å²) < 4.78 is 5.84. The van der Waals surface area contributed by atoms with Gasteiger partial charge in [0.1, 0.15) is 16.6 Å². The van der Waals surface area contributed by atoms with Crippen molar-refractivity contribution in [2.75, 3.05) is 0 Å². The van der Waals surface area contributed by atoms with Crippen molar-refractivity contribution in [2.24, 2.45) is 4.99 Å². The molecule has 0 atom stereocenters. The van der Waals surface area contributed by atoms with Crippen LogP contribution in [0.4, 0.5) is 0 Å². The van der Waals surface area contributed by atoms with Gasteiger partial charge in [0.05, 0.1) is 9.93 Å². The van der Waals surface area contributed by atoms with Crippen molar-refractivity contribution in [3.63, 3.8) is 0 Å². The summed E-state index contributed by atoms with van der Waals surface area (Å²) >= 11 is 7.56. The fourth-order valence-electron chi connectivity index (χ4n) is 2.59. The van der Waals surface area contributed by atoms with E-state index >= 15 is 0 Å². The van der Waals surface area contributed by atoms with Crippen LogP contribution in [0.25, 0.3) is 17.4 Å². The van der Waals surface area contributed by atoms with E-state index in [0.717, 1.165) is 11.1 Å². The summed E-state index contributed by atoms with van der Waals surface area (Å²) in [5, 5.41) is 1.33. The summed E-state index contributed by atoms with van der Waals surface area (Å²) in [5.74, 6) is 1.01. The average molecular weight is 380 g/mol. The van der Waals surface area contributed by atoms with Crippen LogP contribution in [-0.4, -0.2) is 11.0 Å². The van der Waals surface area contributed by atoms with Crippen molar-refractivity contribution in [3.8, 4) is 11.3 Å². The number of benzene rings is 2. The minimum atomic E-state index is -0.249. The minimum Gasteiger partial charge on any atom is -0.457 e. The lowest BCUT2D eigenvalue weighted by atomic mass is 10.2. The summed E-state index contributed by atoms with van der Waals surface area (Å²) in [6, 6.07) is 19.1. The van der Waals surface area contributed by atoms with Crippen LogP contribution in [0.1, 0.15) is 16.9 Å². The number of hydrogen-bond acceptors (Lipinski definition) is 3. The number of carbonyl (C=O) groups excluding carboxylic acids is 1. The molecule has 3 nitrogen and oxygen atoms in total. The monoisotopic (exact) mass is 379 g/mol. The average Bonchev–Trinajstić information content (AvgIpc) is 3.24. The van der Waals surface area contributed by atoms with E-state index in [0.29, 0.717) is 26.5 Å². The van der Waals surface area contributed by atoms with E-state index in [1.54, 1.807) is 6.08 Å². The van der Waals surface area contributed by atoms with Crippen molar-refractivity contribution in [3.05, 3.63) is 87.5 Å². The van der Waals surface area contributed by atoms with Crippen molar-refractivity contribution < 1.29 is 9.21 Å². The van der Waals surface area contributed by atoms with Gasteiger partial charge in [0.25, 0.3) is 5.91 Å². The van der Waals surface area contributed by atoms with Gasteiger partial charge >= 0.3 is 0 Å². The number of aliphatic imine (C=N–C) groups is 1. The Hall–Kier alpha value is -2.56. The molecule has 1 aromatic heterocycles. The molecule has 0 spiro atoms. The lowest BCUT2D eigenvalue weighted by Gasteiger charge is -2.00. The Bertz CT molecular complexity index is 1050. The third-order valence-corrected chi connectivity index (χ3v) is 5.32. The Morgan fingerprint density at radius 3 is 2.58 bits per heavy atom. The molecule has 0 aliphatic carbocycles. The molecular weight excluding hydrogens is 366 g/mol. The molecule has 2 heterocycles. The van der Waals surface area contributed by atoms with Crippen molar-refractivity contribution in [2.45, 2.75) is 6.92 Å². The first-order valence-corrected chi connectivity index (χ1v) is 9.24. The molecule has 3 aromatic rings. The predicted octanol–water partition coefficient (Wildman–Crippen LogP) is 5.97. The van der Waals surface area contributed by atoms with E-state index in [-0.39, 0.29) is 5.91 Å². The van der Waals surface area contributed by atoms with Gasteiger partial charge in [0, 0.05) is 17.2 Å². The van der Waals surface area contributed by atoms with Crippen LogP contribution in [0.3, 0.4) is 0 Å². The van der Waals surface area contributed by atoms with Gasteiger partial charge in [-0.05, 0) is 31.2 Å². The van der Waals surface area contributed by atoms with E-state index < -0.39 is 0 Å². The molecule has 1 aliphatic rings. The van der Waals surface area contributed by atoms with Crippen molar-refractivity contribution >= 4 is 40.4 Å². The third kappa shape index (κ3) is 3.39. The standard InChI is InChI=1S/C21H14ClNO2S/c1-13-6-8-14(9-7-13)21-23-20(24)19(26-21)12-15-10-11-18(25-15)16-4-2-3-5-17(16)22/h2-12H,1H3. The van der Waals surface area contributed by atoms with E-state index in [1.807, 2.05) is 67.6 Å². The Morgan fingerprint density at radius 2 is 1.81 bits per heavy atom. The number of furan rings is 1. The molecule has 0 fully saturated rings. The Labute approximate surface area is 160 Å². The maximum absolute atomic E-state index is 12.2. The lowest BCUT2D eigenvalue weighted by Crippen LogP contribution is -1.90. The number of rotatable bonds is 3. The maximum Gasteiger partial charge on any atom is 0.285 e. The second-order valence-electron chi connectivity index (χ2n) is 5.88. The molecule has 2 aromatic carbocycles. The highest BCUT2D eigenvalue weighted by molar-refractivity contribution is 8.19. The second kappa shape index (κ2) is 6.98. The molecule has 0 saturated carbocycles. The van der Waals surface area contributed by atoms with Crippen molar-refractivity contribution in [1.29, 1.82) is 0 Å². The molecular formula is C21H14ClNO2S. The minimum absolute atomic E-state index is 0.249. The van der Waals surface area contributed by atoms with Gasteiger partial charge in [-0.3, -0.25) is 4.79 Å². The summed E-state index contributed by atoms with van der Waals surface area (Å²) in [5.41, 5.74) is 2.93. The predicted molar refractivity (Wildman–Crippen MR) is 107 cm³/mol. The molecule has 128 valence electrons. The van der Waals surface area contributed by atoms with Crippen LogP contribution in [-0.2, 0) is 4.79 Å².